The van der Waals surface area contributed by atoms with Gasteiger partial charge in [0.15, 0.2) is 6.61 Å². The van der Waals surface area contributed by atoms with Crippen molar-refractivity contribution in [3.63, 3.8) is 0 Å². The van der Waals surface area contributed by atoms with Gasteiger partial charge in [-0.15, -0.1) is 0 Å². The van der Waals surface area contributed by atoms with Crippen LogP contribution in [0.25, 0.3) is 22.1 Å². The number of aryl methyl sites for hydroxylation is 7. The van der Waals surface area contributed by atoms with Crippen molar-refractivity contribution < 1.29 is 28.5 Å². The standard InChI is InChI=1S/C27H35N3O4.C23H29N3O2.C8H10.C5H8/c1-4-32-26(31)19-34-22-11-12-23-24(17-22)30(25(28-23)18-29-13-6-5-7-14-29)15-16-33-27-20(2)9-8-10-21(27)3;1-18-7-5-8-19(2)23(18)28-14-6-11-26-21-10-4-3-9-20(21)24-22(26)17-25-12-15-27-16-13-25;1-7-5-3-4-6-8(7)2;1-3-5-4-2/h8-12,17H,4-7,13-16,18-19H2,1-3H3;3-5,7-10H,6,11-17H2,1-2H3;3-6H,1-2H3;3-5H,1H2,2H3/b;;;5-4-. The van der Waals surface area contributed by atoms with Gasteiger partial charge in [0, 0.05) is 25.7 Å². The fourth-order valence-electron chi connectivity index (χ4n) is 9.22. The third kappa shape index (κ3) is 17.7. The molecule has 0 atom stereocenters. The molecule has 0 bridgehead atoms. The van der Waals surface area contributed by atoms with Gasteiger partial charge in [0.2, 0.25) is 0 Å². The summed E-state index contributed by atoms with van der Waals surface area (Å²) in [6.07, 6.45) is 10.3. The van der Waals surface area contributed by atoms with Gasteiger partial charge >= 0.3 is 5.97 Å². The number of nitrogens with zero attached hydrogens (tertiary/aromatic N) is 6. The predicted molar refractivity (Wildman–Crippen MR) is 305 cm³/mol. The quantitative estimate of drug-likeness (QED) is 0.0469. The fourth-order valence-corrected chi connectivity index (χ4v) is 9.22. The molecule has 2 aliphatic heterocycles. The summed E-state index contributed by atoms with van der Waals surface area (Å²) in [6.45, 7) is 30.3. The SMILES string of the molecule is C=C/C=C\C.CCOC(=O)COc1ccc2nc(CN3CCCCC3)n(CCOc3c(C)cccc3C)c2c1.Cc1cccc(C)c1OCCCn1c(CN2CCOCC2)nc2ccccc21.Cc1ccccc1C. The number of ether oxygens (including phenoxy) is 5. The Morgan fingerprint density at radius 2 is 1.15 bits per heavy atom. The van der Waals surface area contributed by atoms with E-state index in [4.69, 9.17) is 33.7 Å². The van der Waals surface area contributed by atoms with E-state index in [9.17, 15) is 4.79 Å². The monoisotopic (exact) mass is 1020 g/mol. The van der Waals surface area contributed by atoms with Gasteiger partial charge in [0.1, 0.15) is 35.5 Å². The van der Waals surface area contributed by atoms with E-state index in [1.165, 1.54) is 47.0 Å². The van der Waals surface area contributed by atoms with E-state index in [0.717, 1.165) is 116 Å². The highest BCUT2D eigenvalue weighted by atomic mass is 16.6. The Bertz CT molecular complexity index is 2830. The number of hydrogen-bond acceptors (Lipinski definition) is 10. The van der Waals surface area contributed by atoms with Crippen molar-refractivity contribution in [2.75, 3.05) is 65.8 Å². The second kappa shape index (κ2) is 30.6. The summed E-state index contributed by atoms with van der Waals surface area (Å²) in [5.41, 5.74) is 11.6. The normalized spacial score (nSPS) is 13.8. The van der Waals surface area contributed by atoms with Crippen molar-refractivity contribution >= 4 is 28.0 Å². The highest BCUT2D eigenvalue weighted by Gasteiger charge is 2.19. The summed E-state index contributed by atoms with van der Waals surface area (Å²) in [7, 11) is 0. The number of morpholine rings is 1. The zero-order valence-corrected chi connectivity index (χ0v) is 46.1. The molecule has 0 amide bonds. The van der Waals surface area contributed by atoms with Crippen LogP contribution >= 0.6 is 0 Å². The van der Waals surface area contributed by atoms with Gasteiger partial charge in [0.25, 0.3) is 0 Å². The van der Waals surface area contributed by atoms with Crippen LogP contribution < -0.4 is 14.2 Å². The zero-order valence-electron chi connectivity index (χ0n) is 46.1. The first-order valence-electron chi connectivity index (χ1n) is 26.9. The van der Waals surface area contributed by atoms with Crippen molar-refractivity contribution in [2.24, 2.45) is 0 Å². The molecule has 0 unspecified atom stereocenters. The first kappa shape index (κ1) is 57.5. The van der Waals surface area contributed by atoms with E-state index in [1.807, 2.05) is 37.3 Å². The Balaban J connectivity index is 0.000000199. The number of benzene rings is 5. The van der Waals surface area contributed by atoms with Crippen LogP contribution in [0.4, 0.5) is 0 Å². The molecule has 9 rings (SSSR count). The number of fused-ring (bicyclic) bond motifs is 2. The average molecular weight is 1020 g/mol. The molecule has 2 aromatic heterocycles. The largest absolute Gasteiger partial charge is 0.493 e. The van der Waals surface area contributed by atoms with Crippen LogP contribution in [-0.2, 0) is 40.4 Å². The minimum Gasteiger partial charge on any atom is -0.493 e. The summed E-state index contributed by atoms with van der Waals surface area (Å²) in [5.74, 6) is 4.39. The van der Waals surface area contributed by atoms with Crippen molar-refractivity contribution in [1.82, 2.24) is 28.9 Å². The van der Waals surface area contributed by atoms with Gasteiger partial charge in [-0.1, -0.05) is 104 Å². The van der Waals surface area contributed by atoms with Gasteiger partial charge in [-0.05, 0) is 145 Å². The fraction of sp³-hybridized carbons (Fsp3) is 0.413. The summed E-state index contributed by atoms with van der Waals surface area (Å²) in [5, 5.41) is 0. The molecule has 12 nitrogen and oxygen atoms in total. The number of likely N-dealkylation sites (tertiary alicyclic amines) is 1. The lowest BCUT2D eigenvalue weighted by Crippen LogP contribution is -2.36. The first-order valence-corrected chi connectivity index (χ1v) is 26.9. The van der Waals surface area contributed by atoms with Crippen LogP contribution in [0.15, 0.2) is 128 Å². The Morgan fingerprint density at radius 1 is 0.613 bits per heavy atom. The maximum Gasteiger partial charge on any atom is 0.344 e. The van der Waals surface area contributed by atoms with Gasteiger partial charge in [-0.2, -0.15) is 0 Å². The number of aromatic nitrogens is 4. The molecule has 0 N–H and O–H groups in total. The molecule has 0 saturated carbocycles. The molecule has 12 heteroatoms. The molecule has 400 valence electrons. The van der Waals surface area contributed by atoms with Gasteiger partial charge in [-0.3, -0.25) is 9.80 Å². The number of allylic oxidation sites excluding steroid dienone is 3. The van der Waals surface area contributed by atoms with E-state index < -0.39 is 0 Å². The molecular weight excluding hydrogens is 937 g/mol. The molecule has 4 heterocycles. The van der Waals surface area contributed by atoms with Gasteiger partial charge in [0.05, 0.1) is 68.1 Å². The van der Waals surface area contributed by atoms with Crippen LogP contribution in [0.3, 0.4) is 0 Å². The van der Waals surface area contributed by atoms with Crippen LogP contribution in [-0.4, -0.2) is 101 Å². The smallest absolute Gasteiger partial charge is 0.344 e. The van der Waals surface area contributed by atoms with Crippen molar-refractivity contribution in [2.45, 2.75) is 107 Å². The van der Waals surface area contributed by atoms with E-state index in [2.05, 4.69) is 152 Å². The van der Waals surface area contributed by atoms with Crippen molar-refractivity contribution in [3.8, 4) is 17.2 Å². The number of piperidine rings is 1. The Kier molecular flexibility index (Phi) is 23.5. The second-order valence-electron chi connectivity index (χ2n) is 19.2. The van der Waals surface area contributed by atoms with Crippen LogP contribution in [0, 0.1) is 41.5 Å². The topological polar surface area (TPSA) is 105 Å². The number of para-hydroxylation sites is 4. The number of carbonyl (C=O) groups is 1. The number of rotatable bonds is 18. The molecular formula is C63H82N6O6. The number of carbonyl (C=O) groups excluding carboxylic acids is 1. The number of hydrogen-bond donors (Lipinski definition) is 0. The highest BCUT2D eigenvalue weighted by molar-refractivity contribution is 5.78. The lowest BCUT2D eigenvalue weighted by Gasteiger charge is -2.26. The summed E-state index contributed by atoms with van der Waals surface area (Å²) in [6, 6.07) is 35.0. The van der Waals surface area contributed by atoms with Crippen molar-refractivity contribution in [3.05, 3.63) is 173 Å². The maximum absolute atomic E-state index is 11.7. The molecule has 5 aromatic carbocycles. The van der Waals surface area contributed by atoms with Crippen LogP contribution in [0.2, 0.25) is 0 Å². The lowest BCUT2D eigenvalue weighted by molar-refractivity contribution is -0.145. The summed E-state index contributed by atoms with van der Waals surface area (Å²) >= 11 is 0. The predicted octanol–water partition coefficient (Wildman–Crippen LogP) is 12.7. The Labute approximate surface area is 446 Å². The molecule has 0 spiro atoms. The molecule has 2 saturated heterocycles. The summed E-state index contributed by atoms with van der Waals surface area (Å²) in [4.78, 5) is 26.5. The van der Waals surface area contributed by atoms with Crippen molar-refractivity contribution in [1.29, 1.82) is 0 Å². The molecule has 0 aliphatic carbocycles. The molecule has 75 heavy (non-hydrogen) atoms. The average Bonchev–Trinajstić information content (AvgIpc) is 3.94. The summed E-state index contributed by atoms with van der Waals surface area (Å²) < 4.78 is 33.1. The van der Waals surface area contributed by atoms with Gasteiger partial charge < -0.3 is 32.8 Å². The van der Waals surface area contributed by atoms with Crippen LogP contribution in [0.5, 0.6) is 17.2 Å². The molecule has 0 radical (unpaired) electrons. The third-order valence-electron chi connectivity index (χ3n) is 13.4. The highest BCUT2D eigenvalue weighted by Crippen LogP contribution is 2.27. The second-order valence-corrected chi connectivity index (χ2v) is 19.2. The minimum absolute atomic E-state index is 0.107. The molecule has 7 aromatic rings. The molecule has 2 aliphatic rings. The van der Waals surface area contributed by atoms with E-state index in [-0.39, 0.29) is 12.6 Å². The third-order valence-corrected chi connectivity index (χ3v) is 13.4. The Morgan fingerprint density at radius 3 is 1.71 bits per heavy atom. The zero-order chi connectivity index (χ0) is 53.4. The number of esters is 1. The Hall–Kier alpha value is -6.73. The number of imidazole rings is 2. The van der Waals surface area contributed by atoms with Crippen LogP contribution in [0.1, 0.15) is 84.6 Å². The van der Waals surface area contributed by atoms with E-state index >= 15 is 0 Å². The minimum atomic E-state index is -0.371. The van der Waals surface area contributed by atoms with Gasteiger partial charge in [-0.25, -0.2) is 14.8 Å². The lowest BCUT2D eigenvalue weighted by atomic mass is 10.1. The first-order chi connectivity index (χ1) is 36.5. The maximum atomic E-state index is 11.7. The van der Waals surface area contributed by atoms with E-state index in [1.54, 1.807) is 13.0 Å². The molecule has 2 fully saturated rings. The van der Waals surface area contributed by atoms with E-state index in [0.29, 0.717) is 32.1 Å².